The van der Waals surface area contributed by atoms with Crippen molar-refractivity contribution in [2.24, 2.45) is 0 Å². The van der Waals surface area contributed by atoms with Crippen LogP contribution in [0.15, 0.2) is 24.3 Å². The second-order valence-corrected chi connectivity index (χ2v) is 5.28. The fourth-order valence-corrected chi connectivity index (χ4v) is 2.69. The number of benzene rings is 1. The zero-order valence-corrected chi connectivity index (χ0v) is 11.2. The number of carbonyl (C=O) groups is 1. The topological polar surface area (TPSA) is 50.2 Å². The molecule has 0 aliphatic carbocycles. The van der Waals surface area contributed by atoms with Gasteiger partial charge in [0.25, 0.3) is 0 Å². The number of halogens is 3. The average molecular weight is 301 g/mol. The van der Waals surface area contributed by atoms with Gasteiger partial charge in [-0.05, 0) is 18.1 Å². The van der Waals surface area contributed by atoms with Gasteiger partial charge < -0.3 is 5.11 Å². The molecule has 0 saturated heterocycles. The Balaban J connectivity index is 2.40. The zero-order chi connectivity index (χ0) is 14.9. The Hall–Kier alpha value is -1.89. The van der Waals surface area contributed by atoms with Crippen LogP contribution in [0.4, 0.5) is 13.2 Å². The number of hydrogen-bond donors (Lipinski definition) is 1. The van der Waals surface area contributed by atoms with Crippen LogP contribution in [-0.2, 0) is 12.6 Å². The minimum absolute atomic E-state index is 0.143. The SMILES string of the molecule is Cc1ccccc1Cc1nc(C(F)(F)F)c(C(=O)O)s1. The van der Waals surface area contributed by atoms with Crippen LogP contribution in [0.25, 0.3) is 0 Å². The average Bonchev–Trinajstić information content (AvgIpc) is 2.76. The lowest BCUT2D eigenvalue weighted by molar-refractivity contribution is -0.141. The van der Waals surface area contributed by atoms with Crippen molar-refractivity contribution in [3.05, 3.63) is 51.0 Å². The van der Waals surface area contributed by atoms with Crippen LogP contribution >= 0.6 is 11.3 Å². The van der Waals surface area contributed by atoms with E-state index in [1.807, 2.05) is 19.1 Å². The predicted molar refractivity (Wildman–Crippen MR) is 68.1 cm³/mol. The van der Waals surface area contributed by atoms with E-state index < -0.39 is 22.7 Å². The lowest BCUT2D eigenvalue weighted by Gasteiger charge is -2.03. The Kier molecular flexibility index (Phi) is 3.80. The lowest BCUT2D eigenvalue weighted by atomic mass is 10.1. The first kappa shape index (κ1) is 14.5. The molecule has 2 aromatic rings. The van der Waals surface area contributed by atoms with Crippen LogP contribution in [0.3, 0.4) is 0 Å². The summed E-state index contributed by atoms with van der Waals surface area (Å²) in [5.74, 6) is -1.61. The first-order chi connectivity index (χ1) is 9.29. The molecule has 0 aliphatic heterocycles. The Morgan fingerprint density at radius 3 is 2.50 bits per heavy atom. The number of carboxylic acids is 1. The van der Waals surface area contributed by atoms with Crippen LogP contribution in [0, 0.1) is 6.92 Å². The smallest absolute Gasteiger partial charge is 0.435 e. The van der Waals surface area contributed by atoms with Crippen molar-refractivity contribution in [2.75, 3.05) is 0 Å². The molecule has 0 amide bonds. The molecule has 2 rings (SSSR count). The standard InChI is InChI=1S/C13H10F3NO2S/c1-7-4-2-3-5-8(7)6-9-17-11(13(14,15)16)10(20-9)12(18)19/h2-5H,6H2,1H3,(H,18,19). The highest BCUT2D eigenvalue weighted by molar-refractivity contribution is 7.13. The van der Waals surface area contributed by atoms with Gasteiger partial charge in [0.15, 0.2) is 5.69 Å². The molecule has 1 aromatic heterocycles. The number of carboxylic acid groups (broad SMARTS) is 1. The summed E-state index contributed by atoms with van der Waals surface area (Å²) in [5.41, 5.74) is 0.429. The normalized spacial score (nSPS) is 11.6. The van der Waals surface area contributed by atoms with Gasteiger partial charge in [-0.3, -0.25) is 0 Å². The summed E-state index contributed by atoms with van der Waals surface area (Å²) in [4.78, 5) is 13.6. The summed E-state index contributed by atoms with van der Waals surface area (Å²) in [6.45, 7) is 1.84. The molecule has 20 heavy (non-hydrogen) atoms. The van der Waals surface area contributed by atoms with Crippen molar-refractivity contribution in [1.82, 2.24) is 4.98 Å². The second-order valence-electron chi connectivity index (χ2n) is 4.19. The Labute approximate surface area is 116 Å². The van der Waals surface area contributed by atoms with Gasteiger partial charge in [-0.15, -0.1) is 11.3 Å². The molecule has 0 fully saturated rings. The molecule has 3 nitrogen and oxygen atoms in total. The number of nitrogens with zero attached hydrogens (tertiary/aromatic N) is 1. The van der Waals surface area contributed by atoms with E-state index in [-0.39, 0.29) is 11.4 Å². The highest BCUT2D eigenvalue weighted by atomic mass is 32.1. The first-order valence-corrected chi connectivity index (χ1v) is 6.45. The van der Waals surface area contributed by atoms with Crippen molar-refractivity contribution in [3.63, 3.8) is 0 Å². The number of hydrogen-bond acceptors (Lipinski definition) is 3. The van der Waals surface area contributed by atoms with Gasteiger partial charge in [0.1, 0.15) is 4.88 Å². The van der Waals surface area contributed by atoms with Crippen LogP contribution in [0.1, 0.15) is 31.5 Å². The highest BCUT2D eigenvalue weighted by Crippen LogP contribution is 2.35. The molecule has 0 spiro atoms. The van der Waals surface area contributed by atoms with E-state index in [9.17, 15) is 18.0 Å². The number of alkyl halides is 3. The van der Waals surface area contributed by atoms with Gasteiger partial charge in [-0.25, -0.2) is 9.78 Å². The molecule has 0 saturated carbocycles. The Bertz CT molecular complexity index is 649. The van der Waals surface area contributed by atoms with Gasteiger partial charge in [-0.2, -0.15) is 13.2 Å². The maximum absolute atomic E-state index is 12.7. The van der Waals surface area contributed by atoms with Crippen LogP contribution in [0.5, 0.6) is 0 Å². The quantitative estimate of drug-likeness (QED) is 0.939. The van der Waals surface area contributed by atoms with Crippen LogP contribution < -0.4 is 0 Å². The van der Waals surface area contributed by atoms with Crippen LogP contribution in [0.2, 0.25) is 0 Å². The summed E-state index contributed by atoms with van der Waals surface area (Å²) in [7, 11) is 0. The van der Waals surface area contributed by atoms with Gasteiger partial charge in [0.2, 0.25) is 0 Å². The van der Waals surface area contributed by atoms with Crippen molar-refractivity contribution in [3.8, 4) is 0 Å². The monoisotopic (exact) mass is 301 g/mol. The maximum Gasteiger partial charge on any atom is 0.435 e. The lowest BCUT2D eigenvalue weighted by Crippen LogP contribution is -2.11. The molecule has 7 heteroatoms. The molecule has 0 aliphatic rings. The summed E-state index contributed by atoms with van der Waals surface area (Å²) < 4.78 is 38.2. The maximum atomic E-state index is 12.7. The molecular weight excluding hydrogens is 291 g/mol. The van der Waals surface area contributed by atoms with Gasteiger partial charge in [-0.1, -0.05) is 24.3 Å². The van der Waals surface area contributed by atoms with E-state index in [1.54, 1.807) is 12.1 Å². The van der Waals surface area contributed by atoms with E-state index >= 15 is 0 Å². The minimum Gasteiger partial charge on any atom is -0.477 e. The Morgan fingerprint density at radius 2 is 2.00 bits per heavy atom. The molecule has 0 bridgehead atoms. The first-order valence-electron chi connectivity index (χ1n) is 5.63. The van der Waals surface area contributed by atoms with E-state index in [2.05, 4.69) is 4.98 Å². The third-order valence-electron chi connectivity index (χ3n) is 2.74. The van der Waals surface area contributed by atoms with Gasteiger partial charge >= 0.3 is 12.1 Å². The molecule has 1 N–H and O–H groups in total. The third kappa shape index (κ3) is 2.98. The zero-order valence-electron chi connectivity index (χ0n) is 10.4. The fraction of sp³-hybridized carbons (Fsp3) is 0.231. The van der Waals surface area contributed by atoms with Crippen molar-refractivity contribution in [2.45, 2.75) is 19.5 Å². The molecule has 0 radical (unpaired) electrons. The molecule has 0 unspecified atom stereocenters. The minimum atomic E-state index is -4.76. The van der Waals surface area contributed by atoms with E-state index in [0.717, 1.165) is 11.1 Å². The number of thiazole rings is 1. The molecule has 1 heterocycles. The van der Waals surface area contributed by atoms with E-state index in [4.69, 9.17) is 5.11 Å². The molecule has 0 atom stereocenters. The van der Waals surface area contributed by atoms with E-state index in [0.29, 0.717) is 11.3 Å². The Morgan fingerprint density at radius 1 is 1.35 bits per heavy atom. The largest absolute Gasteiger partial charge is 0.477 e. The summed E-state index contributed by atoms with van der Waals surface area (Å²) in [6, 6.07) is 7.22. The molecular formula is C13H10F3NO2S. The summed E-state index contributed by atoms with van der Waals surface area (Å²) in [6.07, 6.45) is -4.57. The van der Waals surface area contributed by atoms with E-state index in [1.165, 1.54) is 0 Å². The molecule has 106 valence electrons. The van der Waals surface area contributed by atoms with Crippen LogP contribution in [-0.4, -0.2) is 16.1 Å². The second kappa shape index (κ2) is 5.24. The van der Waals surface area contributed by atoms with Crippen molar-refractivity contribution < 1.29 is 23.1 Å². The van der Waals surface area contributed by atoms with Crippen molar-refractivity contribution in [1.29, 1.82) is 0 Å². The fourth-order valence-electron chi connectivity index (χ4n) is 1.75. The number of rotatable bonds is 3. The van der Waals surface area contributed by atoms with Gasteiger partial charge in [0.05, 0.1) is 5.01 Å². The van der Waals surface area contributed by atoms with Gasteiger partial charge in [0, 0.05) is 6.42 Å². The summed E-state index contributed by atoms with van der Waals surface area (Å²) in [5, 5.41) is 8.98. The highest BCUT2D eigenvalue weighted by Gasteiger charge is 2.39. The molecule has 1 aromatic carbocycles. The number of aromatic nitrogens is 1. The number of aryl methyl sites for hydroxylation is 1. The predicted octanol–water partition coefficient (Wildman–Crippen LogP) is 3.76. The third-order valence-corrected chi connectivity index (χ3v) is 3.78. The summed E-state index contributed by atoms with van der Waals surface area (Å²) >= 11 is 0.567. The number of aromatic carboxylic acids is 1. The van der Waals surface area contributed by atoms with Crippen molar-refractivity contribution >= 4 is 17.3 Å².